The molecule has 3 aliphatic heterocycles. The predicted molar refractivity (Wildman–Crippen MR) is 150 cm³/mol. The summed E-state index contributed by atoms with van der Waals surface area (Å²) in [5.41, 5.74) is 2.66. The minimum absolute atomic E-state index is 0.0390. The highest BCUT2D eigenvalue weighted by Gasteiger charge is 2.43. The Morgan fingerprint density at radius 3 is 2.66 bits per heavy atom. The van der Waals surface area contributed by atoms with E-state index in [2.05, 4.69) is 29.4 Å². The van der Waals surface area contributed by atoms with Crippen LogP contribution in [-0.2, 0) is 0 Å². The number of urea groups is 1. The molecule has 0 aliphatic carbocycles. The second-order valence-corrected chi connectivity index (χ2v) is 11.1. The molecule has 1 aromatic heterocycles. The second-order valence-electron chi connectivity index (χ2n) is 11.1. The molecule has 2 bridgehead atoms. The maximum Gasteiger partial charge on any atom is 0.321 e. The standard InChI is InChI=1S/C30H37N5O3/c1-18(2)35-21-10-11-22(35)16-23(15-21)34(3)30(36)31-20-9-12-24-19(14-20)8-13-28(32-24)33-25-17-38-27-7-5-6-26(37-4)29(25)27/h5-9,12-14,18,21-23,25H,10-11,15-17H2,1-4H3,(H,31,36)(H,32,33)/t21-,22+,23-,25?. The van der Waals surface area contributed by atoms with E-state index in [1.807, 2.05) is 60.5 Å². The maximum atomic E-state index is 13.2. The number of hydrogen-bond acceptors (Lipinski definition) is 6. The number of amides is 2. The van der Waals surface area contributed by atoms with Crippen LogP contribution in [0.15, 0.2) is 48.5 Å². The number of carbonyl (C=O) groups is 1. The number of pyridine rings is 1. The summed E-state index contributed by atoms with van der Waals surface area (Å²) in [6.45, 7) is 5.09. The third-order valence-electron chi connectivity index (χ3n) is 8.49. The van der Waals surface area contributed by atoms with Gasteiger partial charge in [0.2, 0.25) is 0 Å². The Kier molecular flexibility index (Phi) is 6.51. The lowest BCUT2D eigenvalue weighted by Crippen LogP contribution is -2.53. The summed E-state index contributed by atoms with van der Waals surface area (Å²) in [6.07, 6.45) is 4.60. The molecule has 4 atom stereocenters. The molecule has 8 nitrogen and oxygen atoms in total. The molecular weight excluding hydrogens is 478 g/mol. The summed E-state index contributed by atoms with van der Waals surface area (Å²) < 4.78 is 11.4. The molecule has 0 saturated carbocycles. The quantitative estimate of drug-likeness (QED) is 0.441. The average Bonchev–Trinajstić information content (AvgIpc) is 3.45. The number of piperidine rings is 1. The van der Waals surface area contributed by atoms with Crippen molar-refractivity contribution in [3.05, 3.63) is 54.1 Å². The van der Waals surface area contributed by atoms with E-state index in [4.69, 9.17) is 14.5 Å². The Labute approximate surface area is 224 Å². The van der Waals surface area contributed by atoms with Gasteiger partial charge in [-0.3, -0.25) is 4.90 Å². The van der Waals surface area contributed by atoms with Crippen molar-refractivity contribution in [2.75, 3.05) is 31.4 Å². The summed E-state index contributed by atoms with van der Waals surface area (Å²) in [5, 5.41) is 7.57. The van der Waals surface area contributed by atoms with E-state index in [1.165, 1.54) is 12.8 Å². The minimum Gasteiger partial charge on any atom is -0.496 e. The van der Waals surface area contributed by atoms with Gasteiger partial charge in [0.15, 0.2) is 0 Å². The first kappa shape index (κ1) is 24.8. The average molecular weight is 516 g/mol. The van der Waals surface area contributed by atoms with Crippen molar-refractivity contribution in [3.8, 4) is 11.5 Å². The van der Waals surface area contributed by atoms with Gasteiger partial charge in [0, 0.05) is 42.3 Å². The van der Waals surface area contributed by atoms with Gasteiger partial charge < -0.3 is 25.0 Å². The van der Waals surface area contributed by atoms with Gasteiger partial charge in [0.25, 0.3) is 0 Å². The lowest BCUT2D eigenvalue weighted by Gasteiger charge is -2.44. The third-order valence-corrected chi connectivity index (χ3v) is 8.49. The molecule has 4 heterocycles. The SMILES string of the molecule is COc1cccc2c1C(Nc1ccc3cc(NC(=O)N(C)[C@@H]4C[C@H]5CC[C@@H](C4)N5C(C)C)ccc3n1)CO2. The Morgan fingerprint density at radius 2 is 1.92 bits per heavy atom. The summed E-state index contributed by atoms with van der Waals surface area (Å²) in [4.78, 5) is 22.5. The van der Waals surface area contributed by atoms with E-state index in [0.717, 1.165) is 52.3 Å². The van der Waals surface area contributed by atoms with E-state index in [0.29, 0.717) is 24.7 Å². The molecule has 200 valence electrons. The molecule has 0 radical (unpaired) electrons. The monoisotopic (exact) mass is 515 g/mol. The van der Waals surface area contributed by atoms with Gasteiger partial charge in [-0.25, -0.2) is 9.78 Å². The van der Waals surface area contributed by atoms with Crippen molar-refractivity contribution < 1.29 is 14.3 Å². The fourth-order valence-corrected chi connectivity index (χ4v) is 6.73. The molecule has 1 unspecified atom stereocenters. The summed E-state index contributed by atoms with van der Waals surface area (Å²) in [5.74, 6) is 2.41. The van der Waals surface area contributed by atoms with Crippen LogP contribution in [0.5, 0.6) is 11.5 Å². The third kappa shape index (κ3) is 4.51. The topological polar surface area (TPSA) is 79.0 Å². The van der Waals surface area contributed by atoms with Crippen LogP contribution in [0.4, 0.5) is 16.3 Å². The molecule has 2 N–H and O–H groups in total. The first-order valence-electron chi connectivity index (χ1n) is 13.7. The fourth-order valence-electron chi connectivity index (χ4n) is 6.73. The molecule has 3 aromatic rings. The number of nitrogens with one attached hydrogen (secondary N) is 2. The van der Waals surface area contributed by atoms with E-state index in [9.17, 15) is 4.79 Å². The number of nitrogens with zero attached hydrogens (tertiary/aromatic N) is 3. The predicted octanol–water partition coefficient (Wildman–Crippen LogP) is 5.66. The van der Waals surface area contributed by atoms with Crippen LogP contribution in [0.3, 0.4) is 0 Å². The number of hydrogen-bond donors (Lipinski definition) is 2. The Morgan fingerprint density at radius 1 is 1.13 bits per heavy atom. The van der Waals surface area contributed by atoms with Crippen LogP contribution < -0.4 is 20.1 Å². The van der Waals surface area contributed by atoms with Crippen molar-refractivity contribution in [2.45, 2.75) is 69.7 Å². The van der Waals surface area contributed by atoms with Crippen LogP contribution in [0.2, 0.25) is 0 Å². The zero-order valence-electron chi connectivity index (χ0n) is 22.6. The highest BCUT2D eigenvalue weighted by molar-refractivity contribution is 5.93. The number of carbonyl (C=O) groups excluding carboxylic acids is 1. The van der Waals surface area contributed by atoms with Crippen LogP contribution in [-0.4, -0.2) is 65.7 Å². The fraction of sp³-hybridized carbons (Fsp3) is 0.467. The Bertz CT molecular complexity index is 1330. The number of ether oxygens (including phenoxy) is 2. The molecule has 8 heteroatoms. The van der Waals surface area contributed by atoms with Crippen molar-refractivity contribution in [2.24, 2.45) is 0 Å². The molecule has 2 amide bonds. The Balaban J connectivity index is 1.12. The number of aromatic nitrogens is 1. The summed E-state index contributed by atoms with van der Waals surface area (Å²) in [7, 11) is 3.61. The van der Waals surface area contributed by atoms with E-state index < -0.39 is 0 Å². The highest BCUT2D eigenvalue weighted by atomic mass is 16.5. The van der Waals surface area contributed by atoms with Crippen LogP contribution >= 0.6 is 0 Å². The number of rotatable bonds is 6. The second kappa shape index (κ2) is 9.98. The van der Waals surface area contributed by atoms with Crippen molar-refractivity contribution in [1.82, 2.24) is 14.8 Å². The van der Waals surface area contributed by atoms with Gasteiger partial charge in [-0.05, 0) is 82.0 Å². The molecule has 2 saturated heterocycles. The van der Waals surface area contributed by atoms with Crippen molar-refractivity contribution >= 4 is 28.4 Å². The molecule has 6 rings (SSSR count). The Hall–Kier alpha value is -3.52. The number of fused-ring (bicyclic) bond motifs is 4. The van der Waals surface area contributed by atoms with E-state index in [-0.39, 0.29) is 18.1 Å². The van der Waals surface area contributed by atoms with Crippen LogP contribution in [0.1, 0.15) is 51.1 Å². The normalized spacial score (nSPS) is 24.2. The van der Waals surface area contributed by atoms with Gasteiger partial charge in [-0.1, -0.05) is 6.07 Å². The smallest absolute Gasteiger partial charge is 0.321 e. The zero-order valence-corrected chi connectivity index (χ0v) is 22.6. The maximum absolute atomic E-state index is 13.2. The first-order valence-corrected chi connectivity index (χ1v) is 13.7. The lowest BCUT2D eigenvalue weighted by molar-refractivity contribution is 0.0605. The highest BCUT2D eigenvalue weighted by Crippen LogP contribution is 2.41. The van der Waals surface area contributed by atoms with Crippen molar-refractivity contribution in [1.29, 1.82) is 0 Å². The van der Waals surface area contributed by atoms with Gasteiger partial charge >= 0.3 is 6.03 Å². The van der Waals surface area contributed by atoms with E-state index in [1.54, 1.807) is 7.11 Å². The summed E-state index contributed by atoms with van der Waals surface area (Å²) >= 11 is 0. The number of anilines is 2. The van der Waals surface area contributed by atoms with Crippen LogP contribution in [0.25, 0.3) is 10.9 Å². The number of benzene rings is 2. The molecular formula is C30H37N5O3. The lowest BCUT2D eigenvalue weighted by atomic mass is 9.95. The molecule has 0 spiro atoms. The van der Waals surface area contributed by atoms with Gasteiger partial charge in [0.05, 0.1) is 24.2 Å². The van der Waals surface area contributed by atoms with Gasteiger partial charge in [-0.15, -0.1) is 0 Å². The van der Waals surface area contributed by atoms with Gasteiger partial charge in [-0.2, -0.15) is 0 Å². The largest absolute Gasteiger partial charge is 0.496 e. The molecule has 38 heavy (non-hydrogen) atoms. The van der Waals surface area contributed by atoms with E-state index >= 15 is 0 Å². The molecule has 2 aromatic carbocycles. The minimum atomic E-state index is -0.0492. The van der Waals surface area contributed by atoms with Crippen molar-refractivity contribution in [3.63, 3.8) is 0 Å². The summed E-state index contributed by atoms with van der Waals surface area (Å²) in [6, 6.07) is 17.6. The molecule has 3 aliphatic rings. The zero-order chi connectivity index (χ0) is 26.4. The van der Waals surface area contributed by atoms with Crippen LogP contribution in [0, 0.1) is 0 Å². The number of methoxy groups -OCH3 is 1. The molecule has 2 fully saturated rings. The first-order chi connectivity index (χ1) is 18.4. The van der Waals surface area contributed by atoms with Gasteiger partial charge in [0.1, 0.15) is 23.9 Å².